The van der Waals surface area contributed by atoms with E-state index in [4.69, 9.17) is 0 Å². The van der Waals surface area contributed by atoms with E-state index in [1.807, 2.05) is 6.20 Å². The van der Waals surface area contributed by atoms with Crippen LogP contribution in [-0.4, -0.2) is 11.5 Å². The molecule has 0 aliphatic rings. The molecule has 0 amide bonds. The second kappa shape index (κ2) is 6.01. The van der Waals surface area contributed by atoms with Crippen LogP contribution in [-0.2, 0) is 6.42 Å². The molecule has 0 aliphatic heterocycles. The summed E-state index contributed by atoms with van der Waals surface area (Å²) in [6.07, 6.45) is 2.83. The molecule has 94 valence electrons. The van der Waals surface area contributed by atoms with E-state index >= 15 is 0 Å². The van der Waals surface area contributed by atoms with E-state index in [1.165, 1.54) is 11.1 Å². The Kier molecular flexibility index (Phi) is 4.37. The van der Waals surface area contributed by atoms with Gasteiger partial charge in [-0.1, -0.05) is 29.8 Å². The van der Waals surface area contributed by atoms with Crippen molar-refractivity contribution in [2.45, 2.75) is 20.3 Å². The number of rotatable bonds is 4. The van der Waals surface area contributed by atoms with E-state index in [1.54, 1.807) is 0 Å². The summed E-state index contributed by atoms with van der Waals surface area (Å²) in [4.78, 5) is 4.37. The van der Waals surface area contributed by atoms with Crippen LogP contribution in [0.5, 0.6) is 0 Å². The predicted octanol–water partition coefficient (Wildman–Crippen LogP) is 4.12. The molecule has 2 rings (SSSR count). The molecule has 1 aromatic carbocycles. The third-order valence-corrected chi connectivity index (χ3v) is 3.31. The first-order valence-corrected chi connectivity index (χ1v) is 6.86. The zero-order valence-corrected chi connectivity index (χ0v) is 12.3. The first-order chi connectivity index (χ1) is 8.65. The van der Waals surface area contributed by atoms with Crippen molar-refractivity contribution in [2.24, 2.45) is 0 Å². The van der Waals surface area contributed by atoms with E-state index in [2.05, 4.69) is 70.4 Å². The van der Waals surface area contributed by atoms with Crippen LogP contribution in [0.15, 0.2) is 41.0 Å². The zero-order valence-electron chi connectivity index (χ0n) is 10.7. The number of aromatic nitrogens is 1. The van der Waals surface area contributed by atoms with Crippen molar-refractivity contribution >= 4 is 21.7 Å². The molecular formula is C15H17BrN2. The molecule has 0 bridgehead atoms. The summed E-state index contributed by atoms with van der Waals surface area (Å²) in [7, 11) is 0. The highest BCUT2D eigenvalue weighted by Crippen LogP contribution is 2.16. The van der Waals surface area contributed by atoms with Crippen LogP contribution >= 0.6 is 15.9 Å². The summed E-state index contributed by atoms with van der Waals surface area (Å²) in [6, 6.07) is 10.7. The predicted molar refractivity (Wildman–Crippen MR) is 80.0 cm³/mol. The second-order valence-electron chi connectivity index (χ2n) is 4.48. The standard InChI is InChI=1S/C15H17BrN2/c1-11-3-5-13(6-4-11)7-8-17-15-12(2)9-14(16)10-18-15/h3-6,9-10H,7-8H2,1-2H3,(H,17,18). The van der Waals surface area contributed by atoms with Crippen LogP contribution < -0.4 is 5.32 Å². The van der Waals surface area contributed by atoms with Gasteiger partial charge in [0.25, 0.3) is 0 Å². The minimum Gasteiger partial charge on any atom is -0.370 e. The number of aryl methyl sites for hydroxylation is 2. The smallest absolute Gasteiger partial charge is 0.128 e. The van der Waals surface area contributed by atoms with Gasteiger partial charge in [0.2, 0.25) is 0 Å². The average Bonchev–Trinajstić information content (AvgIpc) is 2.34. The Morgan fingerprint density at radius 2 is 1.89 bits per heavy atom. The molecule has 0 fully saturated rings. The average molecular weight is 305 g/mol. The van der Waals surface area contributed by atoms with Gasteiger partial charge in [0.1, 0.15) is 5.82 Å². The lowest BCUT2D eigenvalue weighted by molar-refractivity contribution is 0.999. The second-order valence-corrected chi connectivity index (χ2v) is 5.40. The summed E-state index contributed by atoms with van der Waals surface area (Å²) in [6.45, 7) is 5.07. The van der Waals surface area contributed by atoms with Crippen molar-refractivity contribution < 1.29 is 0 Å². The Morgan fingerprint density at radius 1 is 1.17 bits per heavy atom. The fourth-order valence-electron chi connectivity index (χ4n) is 1.81. The van der Waals surface area contributed by atoms with Gasteiger partial charge in [-0.15, -0.1) is 0 Å². The maximum absolute atomic E-state index is 4.37. The number of hydrogen-bond donors (Lipinski definition) is 1. The number of nitrogens with zero attached hydrogens (tertiary/aromatic N) is 1. The van der Waals surface area contributed by atoms with E-state index in [0.29, 0.717) is 0 Å². The molecule has 1 N–H and O–H groups in total. The Labute approximate surface area is 117 Å². The van der Waals surface area contributed by atoms with E-state index in [0.717, 1.165) is 28.8 Å². The quantitative estimate of drug-likeness (QED) is 0.919. The molecule has 2 aromatic rings. The monoisotopic (exact) mass is 304 g/mol. The van der Waals surface area contributed by atoms with Crippen molar-refractivity contribution in [3.05, 3.63) is 57.7 Å². The molecule has 18 heavy (non-hydrogen) atoms. The third kappa shape index (κ3) is 3.57. The lowest BCUT2D eigenvalue weighted by atomic mass is 10.1. The summed E-state index contributed by atoms with van der Waals surface area (Å²) in [5, 5.41) is 3.37. The molecule has 0 spiro atoms. The summed E-state index contributed by atoms with van der Waals surface area (Å²) < 4.78 is 1.02. The van der Waals surface area contributed by atoms with E-state index in [9.17, 15) is 0 Å². The van der Waals surface area contributed by atoms with Gasteiger partial charge < -0.3 is 5.32 Å². The Bertz CT molecular complexity index is 521. The zero-order chi connectivity index (χ0) is 13.0. The van der Waals surface area contributed by atoms with Crippen molar-refractivity contribution in [1.82, 2.24) is 4.98 Å². The summed E-state index contributed by atoms with van der Waals surface area (Å²) in [5.74, 6) is 0.963. The largest absolute Gasteiger partial charge is 0.370 e. The Balaban J connectivity index is 1.90. The number of anilines is 1. The minimum absolute atomic E-state index is 0.901. The topological polar surface area (TPSA) is 24.9 Å². The highest BCUT2D eigenvalue weighted by Gasteiger charge is 2.00. The molecular weight excluding hydrogens is 288 g/mol. The number of benzene rings is 1. The van der Waals surface area contributed by atoms with Crippen LogP contribution in [0.25, 0.3) is 0 Å². The Hall–Kier alpha value is -1.35. The minimum atomic E-state index is 0.901. The van der Waals surface area contributed by atoms with Gasteiger partial charge in [-0.25, -0.2) is 4.98 Å². The first-order valence-electron chi connectivity index (χ1n) is 6.07. The first kappa shape index (κ1) is 13.1. The SMILES string of the molecule is Cc1ccc(CCNc2ncc(Br)cc2C)cc1. The number of pyridine rings is 1. The molecule has 0 saturated carbocycles. The maximum atomic E-state index is 4.37. The van der Waals surface area contributed by atoms with Gasteiger partial charge >= 0.3 is 0 Å². The molecule has 0 radical (unpaired) electrons. The van der Waals surface area contributed by atoms with Crippen molar-refractivity contribution in [3.8, 4) is 0 Å². The summed E-state index contributed by atoms with van der Waals surface area (Å²) in [5.41, 5.74) is 3.81. The van der Waals surface area contributed by atoms with Crippen LogP contribution in [0.3, 0.4) is 0 Å². The fourth-order valence-corrected chi connectivity index (χ4v) is 2.25. The molecule has 0 saturated heterocycles. The lowest BCUT2D eigenvalue weighted by Gasteiger charge is -2.08. The van der Waals surface area contributed by atoms with Crippen molar-refractivity contribution in [1.29, 1.82) is 0 Å². The Morgan fingerprint density at radius 3 is 2.56 bits per heavy atom. The lowest BCUT2D eigenvalue weighted by Crippen LogP contribution is -2.07. The highest BCUT2D eigenvalue weighted by molar-refractivity contribution is 9.10. The number of hydrogen-bond acceptors (Lipinski definition) is 2. The van der Waals surface area contributed by atoms with Crippen LogP contribution in [0.2, 0.25) is 0 Å². The molecule has 2 nitrogen and oxygen atoms in total. The van der Waals surface area contributed by atoms with Crippen molar-refractivity contribution in [3.63, 3.8) is 0 Å². The fraction of sp³-hybridized carbons (Fsp3) is 0.267. The molecule has 0 aliphatic carbocycles. The number of nitrogens with one attached hydrogen (secondary N) is 1. The van der Waals surface area contributed by atoms with E-state index < -0.39 is 0 Å². The van der Waals surface area contributed by atoms with Gasteiger partial charge in [0.15, 0.2) is 0 Å². The van der Waals surface area contributed by atoms with Gasteiger partial charge in [-0.3, -0.25) is 0 Å². The van der Waals surface area contributed by atoms with Gasteiger partial charge in [0, 0.05) is 17.2 Å². The van der Waals surface area contributed by atoms with Gasteiger partial charge in [-0.05, 0) is 53.4 Å². The van der Waals surface area contributed by atoms with Crippen LogP contribution in [0, 0.1) is 13.8 Å². The highest BCUT2D eigenvalue weighted by atomic mass is 79.9. The van der Waals surface area contributed by atoms with Crippen molar-refractivity contribution in [2.75, 3.05) is 11.9 Å². The van der Waals surface area contributed by atoms with Gasteiger partial charge in [-0.2, -0.15) is 0 Å². The van der Waals surface area contributed by atoms with E-state index in [-0.39, 0.29) is 0 Å². The molecule has 0 atom stereocenters. The maximum Gasteiger partial charge on any atom is 0.128 e. The summed E-state index contributed by atoms with van der Waals surface area (Å²) >= 11 is 3.42. The molecule has 3 heteroatoms. The molecule has 0 unspecified atom stereocenters. The van der Waals surface area contributed by atoms with Gasteiger partial charge in [0.05, 0.1) is 0 Å². The molecule has 1 aromatic heterocycles. The third-order valence-electron chi connectivity index (χ3n) is 2.87. The molecule has 1 heterocycles. The normalized spacial score (nSPS) is 10.4. The number of halogens is 1. The van der Waals surface area contributed by atoms with Crippen LogP contribution in [0.4, 0.5) is 5.82 Å². The van der Waals surface area contributed by atoms with Crippen LogP contribution in [0.1, 0.15) is 16.7 Å².